The molecule has 0 spiro atoms. The molecule has 4 aromatic rings. The van der Waals surface area contributed by atoms with Crippen molar-refractivity contribution >= 4 is 16.9 Å². The molecule has 0 N–H and O–H groups in total. The molecular formula is C18H18N8. The lowest BCUT2D eigenvalue weighted by Crippen LogP contribution is -2.37. The predicted molar refractivity (Wildman–Crippen MR) is 97.5 cm³/mol. The first-order valence-corrected chi connectivity index (χ1v) is 8.59. The Morgan fingerprint density at radius 2 is 1.92 bits per heavy atom. The van der Waals surface area contributed by atoms with E-state index < -0.39 is 0 Å². The molecule has 0 amide bonds. The van der Waals surface area contributed by atoms with Crippen LogP contribution in [0.4, 0.5) is 5.82 Å². The Hall–Kier alpha value is -3.29. The zero-order chi connectivity index (χ0) is 17.7. The standard InChI is InChI=1S/C18H18N8/c1-12-9-25(18-14-8-21-24(2)17(14)19-11-20-18)10-15-22-23-16(26(12)15)13-6-4-3-5-7-13/h3-8,11-12H,9-10H2,1-2H3/t12-/m0/s1. The van der Waals surface area contributed by atoms with Crippen LogP contribution in [0.15, 0.2) is 42.9 Å². The summed E-state index contributed by atoms with van der Waals surface area (Å²) in [4.78, 5) is 11.1. The van der Waals surface area contributed by atoms with E-state index in [1.807, 2.05) is 31.4 Å². The maximum atomic E-state index is 4.52. The summed E-state index contributed by atoms with van der Waals surface area (Å²) in [7, 11) is 1.89. The maximum absolute atomic E-state index is 4.52. The van der Waals surface area contributed by atoms with Crippen LogP contribution in [0.25, 0.3) is 22.4 Å². The minimum atomic E-state index is 0.227. The van der Waals surface area contributed by atoms with Crippen molar-refractivity contribution in [3.05, 3.63) is 48.7 Å². The monoisotopic (exact) mass is 346 g/mol. The summed E-state index contributed by atoms with van der Waals surface area (Å²) in [6.45, 7) is 3.67. The molecule has 0 saturated heterocycles. The Kier molecular flexibility index (Phi) is 3.24. The van der Waals surface area contributed by atoms with Gasteiger partial charge in [-0.1, -0.05) is 30.3 Å². The lowest BCUT2D eigenvalue weighted by molar-refractivity contribution is 0.465. The van der Waals surface area contributed by atoms with E-state index in [1.54, 1.807) is 11.0 Å². The molecule has 0 aliphatic carbocycles. The molecule has 5 rings (SSSR count). The molecule has 1 aromatic carbocycles. The third-order valence-corrected chi connectivity index (χ3v) is 4.86. The summed E-state index contributed by atoms with van der Waals surface area (Å²) in [5, 5.41) is 14.2. The van der Waals surface area contributed by atoms with Crippen molar-refractivity contribution < 1.29 is 0 Å². The van der Waals surface area contributed by atoms with Gasteiger partial charge in [0.05, 0.1) is 24.2 Å². The summed E-state index contributed by atoms with van der Waals surface area (Å²) >= 11 is 0. The summed E-state index contributed by atoms with van der Waals surface area (Å²) in [6.07, 6.45) is 3.42. The SMILES string of the molecule is C[C@H]1CN(c2ncnc3c2cnn3C)Cc2nnc(-c3ccccc3)n21. The molecule has 0 unspecified atom stereocenters. The number of fused-ring (bicyclic) bond motifs is 2. The van der Waals surface area contributed by atoms with E-state index in [-0.39, 0.29) is 6.04 Å². The van der Waals surface area contributed by atoms with Crippen molar-refractivity contribution in [3.8, 4) is 11.4 Å². The lowest BCUT2D eigenvalue weighted by Gasteiger charge is -2.33. The topological polar surface area (TPSA) is 77.6 Å². The number of hydrogen-bond donors (Lipinski definition) is 0. The van der Waals surface area contributed by atoms with Crippen LogP contribution in [0.3, 0.4) is 0 Å². The van der Waals surface area contributed by atoms with Gasteiger partial charge in [0.15, 0.2) is 17.3 Å². The first kappa shape index (κ1) is 15.0. The number of hydrogen-bond acceptors (Lipinski definition) is 6. The van der Waals surface area contributed by atoms with Crippen LogP contribution in [0, 0.1) is 0 Å². The molecule has 8 nitrogen and oxygen atoms in total. The van der Waals surface area contributed by atoms with E-state index in [9.17, 15) is 0 Å². The van der Waals surface area contributed by atoms with Gasteiger partial charge in [-0.25, -0.2) is 9.97 Å². The quantitative estimate of drug-likeness (QED) is 0.554. The van der Waals surface area contributed by atoms with Crippen molar-refractivity contribution in [2.24, 2.45) is 7.05 Å². The Bertz CT molecular complexity index is 1080. The normalized spacial score (nSPS) is 16.8. The maximum Gasteiger partial charge on any atom is 0.164 e. The number of aryl methyl sites for hydroxylation is 1. The summed E-state index contributed by atoms with van der Waals surface area (Å²) in [5.41, 5.74) is 1.92. The molecule has 1 atom stereocenters. The molecule has 0 saturated carbocycles. The number of aromatic nitrogens is 7. The third-order valence-electron chi connectivity index (χ3n) is 4.86. The number of nitrogens with zero attached hydrogens (tertiary/aromatic N) is 8. The second-order valence-electron chi connectivity index (χ2n) is 6.61. The van der Waals surface area contributed by atoms with Gasteiger partial charge in [0.25, 0.3) is 0 Å². The number of anilines is 1. The van der Waals surface area contributed by atoms with Crippen LogP contribution in [0.1, 0.15) is 18.8 Å². The smallest absolute Gasteiger partial charge is 0.164 e. The van der Waals surface area contributed by atoms with Gasteiger partial charge in [0.1, 0.15) is 12.1 Å². The van der Waals surface area contributed by atoms with Gasteiger partial charge in [-0.15, -0.1) is 10.2 Å². The first-order chi connectivity index (χ1) is 12.7. The van der Waals surface area contributed by atoms with Gasteiger partial charge in [-0.3, -0.25) is 4.68 Å². The fraction of sp³-hybridized carbons (Fsp3) is 0.278. The highest BCUT2D eigenvalue weighted by molar-refractivity contribution is 5.86. The van der Waals surface area contributed by atoms with E-state index in [4.69, 9.17) is 0 Å². The highest BCUT2D eigenvalue weighted by Gasteiger charge is 2.29. The minimum Gasteiger partial charge on any atom is -0.346 e. The van der Waals surface area contributed by atoms with Crippen molar-refractivity contribution in [3.63, 3.8) is 0 Å². The van der Waals surface area contributed by atoms with Crippen LogP contribution >= 0.6 is 0 Å². The van der Waals surface area contributed by atoms with E-state index in [1.165, 1.54) is 0 Å². The fourth-order valence-corrected chi connectivity index (χ4v) is 3.68. The molecule has 130 valence electrons. The summed E-state index contributed by atoms with van der Waals surface area (Å²) < 4.78 is 4.00. The molecule has 8 heteroatoms. The molecule has 0 bridgehead atoms. The molecule has 26 heavy (non-hydrogen) atoms. The summed E-state index contributed by atoms with van der Waals surface area (Å²) in [6, 6.07) is 10.4. The highest BCUT2D eigenvalue weighted by Crippen LogP contribution is 2.31. The number of benzene rings is 1. The zero-order valence-electron chi connectivity index (χ0n) is 14.6. The Balaban J connectivity index is 1.56. The second-order valence-corrected chi connectivity index (χ2v) is 6.61. The molecule has 0 fully saturated rings. The fourth-order valence-electron chi connectivity index (χ4n) is 3.68. The van der Waals surface area contributed by atoms with E-state index in [0.717, 1.165) is 40.6 Å². The van der Waals surface area contributed by atoms with Gasteiger partial charge < -0.3 is 9.47 Å². The first-order valence-electron chi connectivity index (χ1n) is 8.59. The predicted octanol–water partition coefficient (Wildman–Crippen LogP) is 2.20. The van der Waals surface area contributed by atoms with Gasteiger partial charge in [0.2, 0.25) is 0 Å². The van der Waals surface area contributed by atoms with Crippen LogP contribution < -0.4 is 4.90 Å². The van der Waals surface area contributed by atoms with Gasteiger partial charge >= 0.3 is 0 Å². The van der Waals surface area contributed by atoms with Crippen LogP contribution in [0.5, 0.6) is 0 Å². The molecule has 0 radical (unpaired) electrons. The van der Waals surface area contributed by atoms with Gasteiger partial charge in [0, 0.05) is 19.2 Å². The highest BCUT2D eigenvalue weighted by atomic mass is 15.4. The lowest BCUT2D eigenvalue weighted by atomic mass is 10.1. The van der Waals surface area contributed by atoms with E-state index in [0.29, 0.717) is 6.54 Å². The second kappa shape index (κ2) is 5.62. The molecule has 3 aromatic heterocycles. The Labute approximate surface area is 150 Å². The molecule has 1 aliphatic heterocycles. The van der Waals surface area contributed by atoms with Gasteiger partial charge in [-0.05, 0) is 6.92 Å². The van der Waals surface area contributed by atoms with E-state index >= 15 is 0 Å². The largest absolute Gasteiger partial charge is 0.346 e. The molecular weight excluding hydrogens is 328 g/mol. The average Bonchev–Trinajstić information content (AvgIpc) is 3.27. The average molecular weight is 346 g/mol. The molecule has 1 aliphatic rings. The van der Waals surface area contributed by atoms with Crippen molar-refractivity contribution in [1.29, 1.82) is 0 Å². The van der Waals surface area contributed by atoms with Crippen LogP contribution in [-0.4, -0.2) is 41.1 Å². The van der Waals surface area contributed by atoms with Crippen molar-refractivity contribution in [2.75, 3.05) is 11.4 Å². The zero-order valence-corrected chi connectivity index (χ0v) is 14.6. The van der Waals surface area contributed by atoms with E-state index in [2.05, 4.69) is 53.8 Å². The number of rotatable bonds is 2. The van der Waals surface area contributed by atoms with Crippen molar-refractivity contribution in [2.45, 2.75) is 19.5 Å². The molecule has 4 heterocycles. The van der Waals surface area contributed by atoms with Crippen molar-refractivity contribution in [1.82, 2.24) is 34.5 Å². The minimum absolute atomic E-state index is 0.227. The summed E-state index contributed by atoms with van der Waals surface area (Å²) in [5.74, 6) is 2.76. The Morgan fingerprint density at radius 1 is 1.08 bits per heavy atom. The van der Waals surface area contributed by atoms with Crippen LogP contribution in [-0.2, 0) is 13.6 Å². The van der Waals surface area contributed by atoms with Gasteiger partial charge in [-0.2, -0.15) is 5.10 Å². The Morgan fingerprint density at radius 3 is 2.77 bits per heavy atom. The third kappa shape index (κ3) is 2.18. The van der Waals surface area contributed by atoms with Crippen LogP contribution in [0.2, 0.25) is 0 Å².